The summed E-state index contributed by atoms with van der Waals surface area (Å²) in [6.45, 7) is 0. The van der Waals surface area contributed by atoms with Crippen LogP contribution in [0.5, 0.6) is 0 Å². The third-order valence-corrected chi connectivity index (χ3v) is 2.63. The third kappa shape index (κ3) is 3.02. The number of nitrogens with zero attached hydrogens (tertiary/aromatic N) is 4. The summed E-state index contributed by atoms with van der Waals surface area (Å²) < 4.78 is 0. The maximum Gasteiger partial charge on any atom is 0.227 e. The number of hydrogen-bond acceptors (Lipinski definition) is 5. The van der Waals surface area contributed by atoms with E-state index in [9.17, 15) is 0 Å². The van der Waals surface area contributed by atoms with Crippen molar-refractivity contribution in [1.82, 2.24) is 19.9 Å². The molecule has 2 aromatic rings. The van der Waals surface area contributed by atoms with Crippen LogP contribution < -0.4 is 0 Å². The molecule has 0 aliphatic rings. The highest BCUT2D eigenvalue weighted by molar-refractivity contribution is 7.99. The van der Waals surface area contributed by atoms with Crippen molar-refractivity contribution in [3.63, 3.8) is 0 Å². The second kappa shape index (κ2) is 4.74. The van der Waals surface area contributed by atoms with E-state index in [1.165, 1.54) is 11.8 Å². The van der Waals surface area contributed by atoms with E-state index >= 15 is 0 Å². The van der Waals surface area contributed by atoms with Crippen LogP contribution in [0.4, 0.5) is 0 Å². The van der Waals surface area contributed by atoms with E-state index in [0.29, 0.717) is 5.16 Å². The van der Waals surface area contributed by atoms with Crippen molar-refractivity contribution in [3.05, 3.63) is 35.1 Å². The molecule has 7 heteroatoms. The molecule has 0 bridgehead atoms. The van der Waals surface area contributed by atoms with Crippen LogP contribution in [0.3, 0.4) is 0 Å². The maximum atomic E-state index is 5.64. The predicted molar refractivity (Wildman–Crippen MR) is 58.2 cm³/mol. The van der Waals surface area contributed by atoms with Crippen molar-refractivity contribution >= 4 is 35.0 Å². The summed E-state index contributed by atoms with van der Waals surface area (Å²) in [7, 11) is 0. The standard InChI is InChI=1S/C8H4Cl2N4S/c9-6-12-7(10)14-8(13-6)15-5-1-3-11-4-2-5/h1-4H. The lowest BCUT2D eigenvalue weighted by atomic mass is 10.5. The van der Waals surface area contributed by atoms with Crippen molar-refractivity contribution in [2.75, 3.05) is 0 Å². The predicted octanol–water partition coefficient (Wildman–Crippen LogP) is 2.72. The summed E-state index contributed by atoms with van der Waals surface area (Å²) >= 11 is 12.6. The number of rotatable bonds is 2. The first kappa shape index (κ1) is 10.6. The molecule has 0 saturated heterocycles. The fourth-order valence-electron chi connectivity index (χ4n) is 0.866. The van der Waals surface area contributed by atoms with Gasteiger partial charge in [-0.1, -0.05) is 0 Å². The third-order valence-electron chi connectivity index (χ3n) is 1.42. The first-order valence-electron chi connectivity index (χ1n) is 3.89. The first-order chi connectivity index (χ1) is 7.24. The van der Waals surface area contributed by atoms with E-state index in [1.54, 1.807) is 12.4 Å². The summed E-state index contributed by atoms with van der Waals surface area (Å²) in [4.78, 5) is 16.4. The van der Waals surface area contributed by atoms with Gasteiger partial charge in [-0.05, 0) is 47.1 Å². The molecule has 0 radical (unpaired) electrons. The summed E-state index contributed by atoms with van der Waals surface area (Å²) in [5.74, 6) is 0. The van der Waals surface area contributed by atoms with Crippen molar-refractivity contribution in [2.24, 2.45) is 0 Å². The van der Waals surface area contributed by atoms with Gasteiger partial charge in [-0.15, -0.1) is 0 Å². The maximum absolute atomic E-state index is 5.64. The van der Waals surface area contributed by atoms with Crippen LogP contribution in [0.2, 0.25) is 10.6 Å². The minimum Gasteiger partial charge on any atom is -0.265 e. The lowest BCUT2D eigenvalue weighted by Gasteiger charge is -1.99. The van der Waals surface area contributed by atoms with Gasteiger partial charge in [-0.2, -0.15) is 15.0 Å². The summed E-state index contributed by atoms with van der Waals surface area (Å²) in [5, 5.41) is 0.643. The molecule has 0 fully saturated rings. The highest BCUT2D eigenvalue weighted by Crippen LogP contribution is 2.24. The second-order valence-electron chi connectivity index (χ2n) is 2.44. The van der Waals surface area contributed by atoms with Crippen LogP contribution >= 0.6 is 35.0 Å². The molecule has 0 unspecified atom stereocenters. The summed E-state index contributed by atoms with van der Waals surface area (Å²) in [5.41, 5.74) is 0. The van der Waals surface area contributed by atoms with Gasteiger partial charge in [0.25, 0.3) is 0 Å². The summed E-state index contributed by atoms with van der Waals surface area (Å²) in [6, 6.07) is 3.69. The Morgan fingerprint density at radius 2 is 1.53 bits per heavy atom. The Labute approximate surface area is 100 Å². The van der Waals surface area contributed by atoms with Gasteiger partial charge >= 0.3 is 0 Å². The summed E-state index contributed by atoms with van der Waals surface area (Å²) in [6.07, 6.45) is 3.37. The highest BCUT2D eigenvalue weighted by atomic mass is 35.5. The van der Waals surface area contributed by atoms with Crippen molar-refractivity contribution in [3.8, 4) is 0 Å². The molecule has 0 amide bonds. The SMILES string of the molecule is Clc1nc(Cl)nc(Sc2ccncc2)n1. The minimum atomic E-state index is 0.0894. The fraction of sp³-hybridized carbons (Fsp3) is 0. The average Bonchev–Trinajstić information content (AvgIpc) is 2.17. The molecule has 0 atom stereocenters. The Bertz CT molecular complexity index is 445. The van der Waals surface area contributed by atoms with Gasteiger partial charge in [0.2, 0.25) is 10.6 Å². The number of aromatic nitrogens is 4. The zero-order chi connectivity index (χ0) is 10.7. The molecule has 0 spiro atoms. The van der Waals surface area contributed by atoms with Crippen LogP contribution in [0, 0.1) is 0 Å². The lowest BCUT2D eigenvalue weighted by Crippen LogP contribution is -1.91. The Kier molecular flexibility index (Phi) is 3.35. The molecule has 0 saturated carbocycles. The molecule has 15 heavy (non-hydrogen) atoms. The molecule has 0 N–H and O–H groups in total. The van der Waals surface area contributed by atoms with E-state index in [4.69, 9.17) is 23.2 Å². The van der Waals surface area contributed by atoms with Gasteiger partial charge < -0.3 is 0 Å². The normalized spacial score (nSPS) is 10.3. The van der Waals surface area contributed by atoms with E-state index in [-0.39, 0.29) is 10.6 Å². The number of pyridine rings is 1. The van der Waals surface area contributed by atoms with Crippen LogP contribution in [0.25, 0.3) is 0 Å². The molecular weight excluding hydrogens is 255 g/mol. The monoisotopic (exact) mass is 258 g/mol. The fourth-order valence-corrected chi connectivity index (χ4v) is 2.06. The van der Waals surface area contributed by atoms with Gasteiger partial charge in [0.1, 0.15) is 0 Å². The van der Waals surface area contributed by atoms with E-state index in [0.717, 1.165) is 4.90 Å². The van der Waals surface area contributed by atoms with Crippen molar-refractivity contribution in [1.29, 1.82) is 0 Å². The molecule has 0 aromatic carbocycles. The van der Waals surface area contributed by atoms with E-state index in [1.807, 2.05) is 12.1 Å². The van der Waals surface area contributed by atoms with Crippen LogP contribution in [-0.2, 0) is 0 Å². The molecule has 0 aliphatic carbocycles. The quantitative estimate of drug-likeness (QED) is 0.829. The van der Waals surface area contributed by atoms with E-state index < -0.39 is 0 Å². The molecule has 2 aromatic heterocycles. The van der Waals surface area contributed by atoms with Gasteiger partial charge in [0, 0.05) is 17.3 Å². The van der Waals surface area contributed by atoms with Gasteiger partial charge in [0.05, 0.1) is 0 Å². The van der Waals surface area contributed by atoms with Crippen LogP contribution in [-0.4, -0.2) is 19.9 Å². The largest absolute Gasteiger partial charge is 0.265 e. The zero-order valence-corrected chi connectivity index (χ0v) is 9.59. The van der Waals surface area contributed by atoms with Gasteiger partial charge in [0.15, 0.2) is 5.16 Å². The van der Waals surface area contributed by atoms with Crippen LogP contribution in [0.1, 0.15) is 0 Å². The molecule has 2 rings (SSSR count). The minimum absolute atomic E-state index is 0.0894. The Morgan fingerprint density at radius 1 is 0.933 bits per heavy atom. The second-order valence-corrected chi connectivity index (χ2v) is 4.16. The topological polar surface area (TPSA) is 51.6 Å². The van der Waals surface area contributed by atoms with Crippen molar-refractivity contribution < 1.29 is 0 Å². The van der Waals surface area contributed by atoms with E-state index in [2.05, 4.69) is 19.9 Å². The Morgan fingerprint density at radius 3 is 2.13 bits per heavy atom. The first-order valence-corrected chi connectivity index (χ1v) is 5.46. The average molecular weight is 259 g/mol. The molecule has 0 aliphatic heterocycles. The Hall–Kier alpha value is -0.910. The Balaban J connectivity index is 2.25. The number of halogens is 2. The van der Waals surface area contributed by atoms with Crippen LogP contribution in [0.15, 0.2) is 34.6 Å². The van der Waals surface area contributed by atoms with Gasteiger partial charge in [-0.25, -0.2) is 0 Å². The molecule has 2 heterocycles. The smallest absolute Gasteiger partial charge is 0.227 e. The molecule has 76 valence electrons. The zero-order valence-electron chi connectivity index (χ0n) is 7.26. The molecular formula is C8H4Cl2N4S. The number of hydrogen-bond donors (Lipinski definition) is 0. The lowest BCUT2D eigenvalue weighted by molar-refractivity contribution is 0.904. The molecule has 4 nitrogen and oxygen atoms in total. The highest BCUT2D eigenvalue weighted by Gasteiger charge is 2.04. The van der Waals surface area contributed by atoms with Crippen molar-refractivity contribution in [2.45, 2.75) is 10.1 Å². The van der Waals surface area contributed by atoms with Gasteiger partial charge in [-0.3, -0.25) is 4.98 Å².